The van der Waals surface area contributed by atoms with E-state index in [1.807, 2.05) is 31.2 Å². The summed E-state index contributed by atoms with van der Waals surface area (Å²) < 4.78 is 0. The summed E-state index contributed by atoms with van der Waals surface area (Å²) in [5.41, 5.74) is 1.01. The van der Waals surface area contributed by atoms with Crippen molar-refractivity contribution < 1.29 is 9.90 Å². The summed E-state index contributed by atoms with van der Waals surface area (Å²) >= 11 is 6.00. The van der Waals surface area contributed by atoms with Crippen molar-refractivity contribution in [3.8, 4) is 0 Å². The van der Waals surface area contributed by atoms with Crippen LogP contribution in [0.2, 0.25) is 5.02 Å². The number of amides is 2. The molecule has 2 amide bonds. The highest BCUT2D eigenvalue weighted by Crippen LogP contribution is 2.22. The number of urea groups is 1. The molecule has 1 fully saturated rings. The van der Waals surface area contributed by atoms with Gasteiger partial charge < -0.3 is 15.3 Å². The Morgan fingerprint density at radius 2 is 2.40 bits per heavy atom. The monoisotopic (exact) mass is 296 g/mol. The van der Waals surface area contributed by atoms with E-state index < -0.39 is 0 Å². The van der Waals surface area contributed by atoms with Crippen LogP contribution < -0.4 is 5.32 Å². The topological polar surface area (TPSA) is 52.6 Å². The number of carbonyl (C=O) groups is 1. The van der Waals surface area contributed by atoms with E-state index in [9.17, 15) is 9.90 Å². The van der Waals surface area contributed by atoms with Gasteiger partial charge in [-0.15, -0.1) is 0 Å². The van der Waals surface area contributed by atoms with Crippen LogP contribution in [0.4, 0.5) is 4.79 Å². The van der Waals surface area contributed by atoms with Gasteiger partial charge in [0.05, 0.1) is 18.7 Å². The maximum Gasteiger partial charge on any atom is 0.318 e. The Morgan fingerprint density at radius 3 is 3.05 bits per heavy atom. The van der Waals surface area contributed by atoms with Crippen LogP contribution in [0.25, 0.3) is 0 Å². The normalized spacial score (nSPS) is 19.9. The highest BCUT2D eigenvalue weighted by atomic mass is 35.5. The van der Waals surface area contributed by atoms with Crippen molar-refractivity contribution in [2.75, 3.05) is 13.2 Å². The van der Waals surface area contributed by atoms with E-state index >= 15 is 0 Å². The van der Waals surface area contributed by atoms with Gasteiger partial charge in [-0.3, -0.25) is 0 Å². The molecule has 1 saturated heterocycles. The molecule has 0 aliphatic carbocycles. The van der Waals surface area contributed by atoms with E-state index in [0.29, 0.717) is 11.6 Å². The molecule has 0 radical (unpaired) electrons. The fraction of sp³-hybridized carbons (Fsp3) is 0.533. The molecule has 4 nitrogen and oxygen atoms in total. The first-order valence-electron chi connectivity index (χ1n) is 7.09. The Labute approximate surface area is 124 Å². The molecule has 0 bridgehead atoms. The van der Waals surface area contributed by atoms with Crippen LogP contribution in [0.3, 0.4) is 0 Å². The number of hydrogen-bond acceptors (Lipinski definition) is 2. The van der Waals surface area contributed by atoms with Gasteiger partial charge >= 0.3 is 6.03 Å². The minimum absolute atomic E-state index is 0.0291. The quantitative estimate of drug-likeness (QED) is 0.897. The molecular formula is C15H21ClN2O2. The number of hydrogen-bond donors (Lipinski definition) is 2. The minimum Gasteiger partial charge on any atom is -0.394 e. The highest BCUT2D eigenvalue weighted by molar-refractivity contribution is 6.30. The molecular weight excluding hydrogens is 276 g/mol. The second-order valence-electron chi connectivity index (χ2n) is 5.14. The third kappa shape index (κ3) is 3.44. The van der Waals surface area contributed by atoms with Crippen molar-refractivity contribution in [2.24, 2.45) is 0 Å². The van der Waals surface area contributed by atoms with Gasteiger partial charge in [-0.05, 0) is 37.0 Å². The van der Waals surface area contributed by atoms with Crippen LogP contribution >= 0.6 is 11.6 Å². The maximum atomic E-state index is 12.3. The molecule has 1 aromatic rings. The van der Waals surface area contributed by atoms with Crippen LogP contribution in [0.1, 0.15) is 37.8 Å². The van der Waals surface area contributed by atoms with Gasteiger partial charge in [0.15, 0.2) is 0 Å². The molecule has 20 heavy (non-hydrogen) atoms. The Morgan fingerprint density at radius 1 is 1.60 bits per heavy atom. The zero-order valence-corrected chi connectivity index (χ0v) is 12.4. The molecule has 110 valence electrons. The third-order valence-electron chi connectivity index (χ3n) is 3.81. The maximum absolute atomic E-state index is 12.3. The predicted molar refractivity (Wildman–Crippen MR) is 79.8 cm³/mol. The van der Waals surface area contributed by atoms with Crippen molar-refractivity contribution in [1.82, 2.24) is 10.2 Å². The minimum atomic E-state index is -0.103. The SMILES string of the molecule is CCC(NC(=O)N1CCCC1CO)c1cccc(Cl)c1. The smallest absolute Gasteiger partial charge is 0.318 e. The van der Waals surface area contributed by atoms with E-state index in [-0.39, 0.29) is 24.7 Å². The van der Waals surface area contributed by atoms with Crippen LogP contribution in [0.5, 0.6) is 0 Å². The van der Waals surface area contributed by atoms with Gasteiger partial charge in [0.2, 0.25) is 0 Å². The van der Waals surface area contributed by atoms with Crippen molar-refractivity contribution in [2.45, 2.75) is 38.3 Å². The number of likely N-dealkylation sites (tertiary alicyclic amines) is 1. The lowest BCUT2D eigenvalue weighted by molar-refractivity contribution is 0.154. The predicted octanol–water partition coefficient (Wildman–Crippen LogP) is 2.96. The number of nitrogens with zero attached hydrogens (tertiary/aromatic N) is 1. The van der Waals surface area contributed by atoms with Gasteiger partial charge in [0.25, 0.3) is 0 Å². The lowest BCUT2D eigenvalue weighted by Gasteiger charge is -2.26. The molecule has 1 heterocycles. The number of aliphatic hydroxyl groups excluding tert-OH is 1. The van der Waals surface area contributed by atoms with E-state index in [2.05, 4.69) is 5.32 Å². The molecule has 5 heteroatoms. The molecule has 0 saturated carbocycles. The largest absolute Gasteiger partial charge is 0.394 e. The molecule has 2 unspecified atom stereocenters. The van der Waals surface area contributed by atoms with Gasteiger partial charge in [-0.25, -0.2) is 4.79 Å². The Balaban J connectivity index is 2.04. The molecule has 2 N–H and O–H groups in total. The molecule has 1 aliphatic heterocycles. The van der Waals surface area contributed by atoms with E-state index in [1.54, 1.807) is 4.90 Å². The summed E-state index contributed by atoms with van der Waals surface area (Å²) in [4.78, 5) is 14.0. The molecule has 2 atom stereocenters. The number of benzene rings is 1. The number of rotatable bonds is 4. The molecule has 1 aliphatic rings. The lowest BCUT2D eigenvalue weighted by Crippen LogP contribution is -2.45. The zero-order valence-electron chi connectivity index (χ0n) is 11.7. The number of halogens is 1. The van der Waals surface area contributed by atoms with E-state index in [1.165, 1.54) is 0 Å². The fourth-order valence-corrected chi connectivity index (χ4v) is 2.87. The Bertz CT molecular complexity index is 467. The average molecular weight is 297 g/mol. The summed E-state index contributed by atoms with van der Waals surface area (Å²) in [6.07, 6.45) is 2.62. The molecule has 2 rings (SSSR count). The Kier molecular flexibility index (Phi) is 5.26. The first-order chi connectivity index (χ1) is 9.65. The standard InChI is InChI=1S/C15H21ClN2O2/c1-2-14(11-5-3-6-12(16)9-11)17-15(20)18-8-4-7-13(18)10-19/h3,5-6,9,13-14,19H,2,4,7-8,10H2,1H3,(H,17,20). The van der Waals surface area contributed by atoms with Gasteiger partial charge in [0.1, 0.15) is 0 Å². The fourth-order valence-electron chi connectivity index (χ4n) is 2.67. The Hall–Kier alpha value is -1.26. The third-order valence-corrected chi connectivity index (χ3v) is 4.04. The molecule has 1 aromatic carbocycles. The van der Waals surface area contributed by atoms with E-state index in [0.717, 1.165) is 24.8 Å². The molecule has 0 spiro atoms. The highest BCUT2D eigenvalue weighted by Gasteiger charge is 2.29. The van der Waals surface area contributed by atoms with Crippen molar-refractivity contribution >= 4 is 17.6 Å². The first kappa shape index (κ1) is 15.1. The number of nitrogens with one attached hydrogen (secondary N) is 1. The lowest BCUT2D eigenvalue weighted by atomic mass is 10.0. The zero-order chi connectivity index (χ0) is 14.5. The first-order valence-corrected chi connectivity index (χ1v) is 7.47. The summed E-state index contributed by atoms with van der Waals surface area (Å²) in [6.45, 7) is 2.77. The van der Waals surface area contributed by atoms with Crippen molar-refractivity contribution in [3.63, 3.8) is 0 Å². The second-order valence-corrected chi connectivity index (χ2v) is 5.57. The van der Waals surface area contributed by atoms with Gasteiger partial charge in [0, 0.05) is 11.6 Å². The van der Waals surface area contributed by atoms with E-state index in [4.69, 9.17) is 11.6 Å². The summed E-state index contributed by atoms with van der Waals surface area (Å²) in [5.74, 6) is 0. The number of carbonyl (C=O) groups excluding carboxylic acids is 1. The summed E-state index contributed by atoms with van der Waals surface area (Å²) in [6, 6.07) is 7.35. The average Bonchev–Trinajstić information content (AvgIpc) is 2.93. The van der Waals surface area contributed by atoms with Crippen LogP contribution in [-0.2, 0) is 0 Å². The summed E-state index contributed by atoms with van der Waals surface area (Å²) in [5, 5.41) is 13.0. The van der Waals surface area contributed by atoms with Crippen molar-refractivity contribution in [1.29, 1.82) is 0 Å². The second kappa shape index (κ2) is 6.95. The van der Waals surface area contributed by atoms with Crippen LogP contribution in [0.15, 0.2) is 24.3 Å². The van der Waals surface area contributed by atoms with Gasteiger partial charge in [-0.1, -0.05) is 30.7 Å². The van der Waals surface area contributed by atoms with Crippen LogP contribution in [0, 0.1) is 0 Å². The van der Waals surface area contributed by atoms with Crippen molar-refractivity contribution in [3.05, 3.63) is 34.9 Å². The van der Waals surface area contributed by atoms with Crippen LogP contribution in [-0.4, -0.2) is 35.2 Å². The van der Waals surface area contributed by atoms with Gasteiger partial charge in [-0.2, -0.15) is 0 Å². The molecule has 0 aromatic heterocycles. The number of aliphatic hydroxyl groups is 1. The summed E-state index contributed by atoms with van der Waals surface area (Å²) in [7, 11) is 0.